The Balaban J connectivity index is 2.02. The summed E-state index contributed by atoms with van der Waals surface area (Å²) in [6, 6.07) is 6.04. The number of aromatic nitrogens is 2. The van der Waals surface area contributed by atoms with E-state index in [0.717, 1.165) is 23.4 Å². The van der Waals surface area contributed by atoms with Crippen LogP contribution < -0.4 is 0 Å². The van der Waals surface area contributed by atoms with E-state index in [2.05, 4.69) is 10.2 Å². The third kappa shape index (κ3) is 3.91. The second kappa shape index (κ2) is 7.27. The van der Waals surface area contributed by atoms with Crippen molar-refractivity contribution >= 4 is 15.8 Å². The van der Waals surface area contributed by atoms with Gasteiger partial charge < -0.3 is 0 Å². The summed E-state index contributed by atoms with van der Waals surface area (Å²) < 4.78 is 26.5. The summed E-state index contributed by atoms with van der Waals surface area (Å²) in [6.45, 7) is 5.78. The van der Waals surface area contributed by atoms with E-state index in [1.807, 2.05) is 13.8 Å². The van der Waals surface area contributed by atoms with Gasteiger partial charge in [0, 0.05) is 24.8 Å². The van der Waals surface area contributed by atoms with Gasteiger partial charge in [0.1, 0.15) is 0 Å². The Bertz CT molecular complexity index is 804. The molecule has 0 unspecified atom stereocenters. The van der Waals surface area contributed by atoms with E-state index in [1.165, 1.54) is 23.4 Å². The predicted octanol–water partition coefficient (Wildman–Crippen LogP) is 2.48. The van der Waals surface area contributed by atoms with Gasteiger partial charge in [0.15, 0.2) is 5.78 Å². The molecule has 0 bridgehead atoms. The number of carbonyl (C=O) groups is 1. The molecule has 0 aliphatic carbocycles. The highest BCUT2D eigenvalue weighted by Crippen LogP contribution is 2.17. The summed E-state index contributed by atoms with van der Waals surface area (Å²) in [5.74, 6) is -0.0850. The SMILES string of the molecule is CC(=O)c1ccc(S(=O)(=O)N(C)CCCc2c(C)n[nH]c2C)cc1. The monoisotopic (exact) mass is 349 g/mol. The van der Waals surface area contributed by atoms with Gasteiger partial charge >= 0.3 is 0 Å². The lowest BCUT2D eigenvalue weighted by Crippen LogP contribution is -2.28. The van der Waals surface area contributed by atoms with Gasteiger partial charge in [-0.25, -0.2) is 12.7 Å². The van der Waals surface area contributed by atoms with Crippen LogP contribution in [0.3, 0.4) is 0 Å². The van der Waals surface area contributed by atoms with Crippen molar-refractivity contribution < 1.29 is 13.2 Å². The summed E-state index contributed by atoms with van der Waals surface area (Å²) >= 11 is 0. The van der Waals surface area contributed by atoms with Crippen molar-refractivity contribution in [2.24, 2.45) is 0 Å². The number of hydrogen-bond acceptors (Lipinski definition) is 4. The van der Waals surface area contributed by atoms with Crippen molar-refractivity contribution in [3.8, 4) is 0 Å². The topological polar surface area (TPSA) is 83.1 Å². The fraction of sp³-hybridized carbons (Fsp3) is 0.412. The number of ketones is 1. The van der Waals surface area contributed by atoms with Crippen LogP contribution in [0.5, 0.6) is 0 Å². The molecule has 0 atom stereocenters. The van der Waals surface area contributed by atoms with Crippen LogP contribution in [0, 0.1) is 13.8 Å². The fourth-order valence-corrected chi connectivity index (χ4v) is 3.79. The van der Waals surface area contributed by atoms with Crippen LogP contribution in [0.25, 0.3) is 0 Å². The molecule has 130 valence electrons. The molecule has 0 aliphatic heterocycles. The minimum Gasteiger partial charge on any atom is -0.295 e. The first-order chi connectivity index (χ1) is 11.2. The zero-order chi connectivity index (χ0) is 17.9. The van der Waals surface area contributed by atoms with Crippen LogP contribution in [0.4, 0.5) is 0 Å². The van der Waals surface area contributed by atoms with Crippen molar-refractivity contribution in [2.75, 3.05) is 13.6 Å². The smallest absolute Gasteiger partial charge is 0.242 e. The van der Waals surface area contributed by atoms with E-state index < -0.39 is 10.0 Å². The molecule has 2 aromatic rings. The number of rotatable bonds is 7. The molecule has 7 heteroatoms. The number of carbonyl (C=O) groups excluding carboxylic acids is 1. The van der Waals surface area contributed by atoms with Crippen molar-refractivity contribution in [2.45, 2.75) is 38.5 Å². The van der Waals surface area contributed by atoms with Gasteiger partial charge in [0.25, 0.3) is 0 Å². The van der Waals surface area contributed by atoms with Gasteiger partial charge in [-0.3, -0.25) is 9.89 Å². The number of aromatic amines is 1. The van der Waals surface area contributed by atoms with E-state index in [0.29, 0.717) is 18.5 Å². The molecule has 0 saturated carbocycles. The Morgan fingerprint density at radius 2 is 1.83 bits per heavy atom. The van der Waals surface area contributed by atoms with Crippen LogP contribution in [0.2, 0.25) is 0 Å². The number of sulfonamides is 1. The summed E-state index contributed by atoms with van der Waals surface area (Å²) in [6.07, 6.45) is 1.49. The lowest BCUT2D eigenvalue weighted by molar-refractivity contribution is 0.101. The third-order valence-electron chi connectivity index (χ3n) is 4.15. The maximum absolute atomic E-state index is 12.6. The zero-order valence-electron chi connectivity index (χ0n) is 14.5. The number of nitrogens with zero attached hydrogens (tertiary/aromatic N) is 2. The summed E-state index contributed by atoms with van der Waals surface area (Å²) in [7, 11) is -1.97. The maximum atomic E-state index is 12.6. The van der Waals surface area contributed by atoms with Crippen LogP contribution in [-0.4, -0.2) is 42.3 Å². The number of H-pyrrole nitrogens is 1. The quantitative estimate of drug-likeness (QED) is 0.779. The van der Waals surface area contributed by atoms with Crippen LogP contribution in [-0.2, 0) is 16.4 Å². The molecular formula is C17H23N3O3S. The predicted molar refractivity (Wildman–Crippen MR) is 92.6 cm³/mol. The molecule has 0 fully saturated rings. The normalized spacial score (nSPS) is 11.9. The van der Waals surface area contributed by atoms with Crippen LogP contribution >= 0.6 is 0 Å². The third-order valence-corrected chi connectivity index (χ3v) is 6.02. The molecule has 0 amide bonds. The summed E-state index contributed by atoms with van der Waals surface area (Å²) in [4.78, 5) is 11.5. The van der Waals surface area contributed by atoms with Gasteiger partial charge in [-0.15, -0.1) is 0 Å². The maximum Gasteiger partial charge on any atom is 0.242 e. The molecule has 6 nitrogen and oxygen atoms in total. The van der Waals surface area contributed by atoms with Gasteiger partial charge in [-0.2, -0.15) is 5.10 Å². The van der Waals surface area contributed by atoms with E-state index in [1.54, 1.807) is 19.2 Å². The molecule has 24 heavy (non-hydrogen) atoms. The van der Waals surface area contributed by atoms with Crippen LogP contribution in [0.15, 0.2) is 29.2 Å². The first kappa shape index (κ1) is 18.4. The molecule has 0 radical (unpaired) electrons. The molecule has 0 spiro atoms. The van der Waals surface area contributed by atoms with Gasteiger partial charge in [-0.1, -0.05) is 12.1 Å². The lowest BCUT2D eigenvalue weighted by Gasteiger charge is -2.17. The van der Waals surface area contributed by atoms with Crippen molar-refractivity contribution in [1.82, 2.24) is 14.5 Å². The van der Waals surface area contributed by atoms with E-state index in [-0.39, 0.29) is 10.7 Å². The molecule has 1 heterocycles. The highest BCUT2D eigenvalue weighted by atomic mass is 32.2. The van der Waals surface area contributed by atoms with Crippen molar-refractivity contribution in [3.63, 3.8) is 0 Å². The Hall–Kier alpha value is -1.99. The number of nitrogens with one attached hydrogen (secondary N) is 1. The molecule has 2 rings (SSSR count). The van der Waals surface area contributed by atoms with Gasteiger partial charge in [0.2, 0.25) is 10.0 Å². The van der Waals surface area contributed by atoms with E-state index >= 15 is 0 Å². The minimum absolute atomic E-state index is 0.0850. The number of hydrogen-bond donors (Lipinski definition) is 1. The summed E-state index contributed by atoms with van der Waals surface area (Å²) in [5, 5.41) is 7.08. The zero-order valence-corrected chi connectivity index (χ0v) is 15.3. The molecule has 0 saturated heterocycles. The average Bonchev–Trinajstić information content (AvgIpc) is 2.86. The minimum atomic E-state index is -3.54. The van der Waals surface area contributed by atoms with Gasteiger partial charge in [-0.05, 0) is 51.3 Å². The van der Waals surface area contributed by atoms with Gasteiger partial charge in [0.05, 0.1) is 10.6 Å². The Morgan fingerprint density at radius 1 is 1.21 bits per heavy atom. The lowest BCUT2D eigenvalue weighted by atomic mass is 10.1. The van der Waals surface area contributed by atoms with Crippen molar-refractivity contribution in [3.05, 3.63) is 46.8 Å². The molecule has 1 aromatic heterocycles. The summed E-state index contributed by atoms with van der Waals surface area (Å²) in [5.41, 5.74) is 3.63. The van der Waals surface area contributed by atoms with Crippen LogP contribution in [0.1, 0.15) is 40.7 Å². The average molecular weight is 349 g/mol. The molecule has 1 aromatic carbocycles. The largest absolute Gasteiger partial charge is 0.295 e. The molecule has 1 N–H and O–H groups in total. The van der Waals surface area contributed by atoms with Crippen molar-refractivity contribution in [1.29, 1.82) is 0 Å². The number of aryl methyl sites for hydroxylation is 2. The first-order valence-electron chi connectivity index (χ1n) is 7.81. The highest BCUT2D eigenvalue weighted by Gasteiger charge is 2.20. The Morgan fingerprint density at radius 3 is 2.33 bits per heavy atom. The molecular weight excluding hydrogens is 326 g/mol. The second-order valence-electron chi connectivity index (χ2n) is 5.92. The Kier molecular flexibility index (Phi) is 5.56. The highest BCUT2D eigenvalue weighted by molar-refractivity contribution is 7.89. The standard InChI is InChI=1S/C17H23N3O3S/c1-12-17(13(2)19-18-12)6-5-11-20(4)24(22,23)16-9-7-15(8-10-16)14(3)21/h7-10H,5-6,11H2,1-4H3,(H,18,19). The first-order valence-corrected chi connectivity index (χ1v) is 9.25. The number of Topliss-reactive ketones (excluding diaryl/α,β-unsaturated/α-hetero) is 1. The van der Waals surface area contributed by atoms with E-state index in [4.69, 9.17) is 0 Å². The fourth-order valence-electron chi connectivity index (χ4n) is 2.58. The number of benzene rings is 1. The van der Waals surface area contributed by atoms with E-state index in [9.17, 15) is 13.2 Å². The Labute approximate surface area is 142 Å². The second-order valence-corrected chi connectivity index (χ2v) is 7.97. The molecule has 0 aliphatic rings.